The molecule has 0 fully saturated rings. The average molecular weight is 416 g/mol. The SMILES string of the molecule is CN(C)c1ccc(NC(=O)c2cc3cccnc3n(Cc3ccc(F)cc3)c2=O)cc1. The molecule has 0 bridgehead atoms. The molecular formula is C24H21FN4O2. The zero-order valence-electron chi connectivity index (χ0n) is 17.2. The second kappa shape index (κ2) is 8.39. The summed E-state index contributed by atoms with van der Waals surface area (Å²) in [4.78, 5) is 32.4. The molecular weight excluding hydrogens is 395 g/mol. The number of hydrogen-bond donors (Lipinski definition) is 1. The molecule has 0 atom stereocenters. The zero-order chi connectivity index (χ0) is 22.0. The Labute approximate surface area is 178 Å². The van der Waals surface area contributed by atoms with Crippen molar-refractivity contribution in [1.82, 2.24) is 9.55 Å². The van der Waals surface area contributed by atoms with E-state index in [9.17, 15) is 14.0 Å². The summed E-state index contributed by atoms with van der Waals surface area (Å²) in [5, 5.41) is 3.45. The Morgan fingerprint density at radius 2 is 1.77 bits per heavy atom. The minimum absolute atomic E-state index is 0.0132. The Kier molecular flexibility index (Phi) is 5.49. The van der Waals surface area contributed by atoms with E-state index in [0.29, 0.717) is 16.7 Å². The van der Waals surface area contributed by atoms with Gasteiger partial charge in [0.05, 0.1) is 6.54 Å². The third kappa shape index (κ3) is 4.30. The normalized spacial score (nSPS) is 10.8. The number of rotatable bonds is 5. The second-order valence-corrected chi connectivity index (χ2v) is 7.39. The number of anilines is 2. The van der Waals surface area contributed by atoms with Gasteiger partial charge in [-0.2, -0.15) is 0 Å². The van der Waals surface area contributed by atoms with Crippen LogP contribution >= 0.6 is 0 Å². The average Bonchev–Trinajstić information content (AvgIpc) is 2.77. The molecule has 0 unspecified atom stereocenters. The Balaban J connectivity index is 1.72. The van der Waals surface area contributed by atoms with Crippen molar-refractivity contribution >= 4 is 28.3 Å². The summed E-state index contributed by atoms with van der Waals surface area (Å²) in [5.74, 6) is -0.853. The van der Waals surface area contributed by atoms with Crippen molar-refractivity contribution in [3.05, 3.63) is 100 Å². The highest BCUT2D eigenvalue weighted by Crippen LogP contribution is 2.18. The van der Waals surface area contributed by atoms with Gasteiger partial charge >= 0.3 is 0 Å². The molecule has 6 nitrogen and oxygen atoms in total. The van der Waals surface area contributed by atoms with Gasteiger partial charge in [0, 0.05) is 37.1 Å². The summed E-state index contributed by atoms with van der Waals surface area (Å²) < 4.78 is 14.7. The minimum Gasteiger partial charge on any atom is -0.378 e. The number of amides is 1. The lowest BCUT2D eigenvalue weighted by molar-refractivity contribution is 0.102. The lowest BCUT2D eigenvalue weighted by atomic mass is 10.1. The first-order valence-corrected chi connectivity index (χ1v) is 9.74. The van der Waals surface area contributed by atoms with E-state index in [0.717, 1.165) is 11.3 Å². The maximum Gasteiger partial charge on any atom is 0.265 e. The third-order valence-electron chi connectivity index (χ3n) is 4.99. The number of hydrogen-bond acceptors (Lipinski definition) is 4. The number of aromatic nitrogens is 2. The molecule has 2 aromatic carbocycles. The minimum atomic E-state index is -0.499. The van der Waals surface area contributed by atoms with Crippen LogP contribution in [0, 0.1) is 5.82 Å². The predicted octanol–water partition coefficient (Wildman–Crippen LogP) is 3.90. The Morgan fingerprint density at radius 1 is 1.06 bits per heavy atom. The fourth-order valence-corrected chi connectivity index (χ4v) is 3.33. The van der Waals surface area contributed by atoms with Crippen molar-refractivity contribution in [2.75, 3.05) is 24.3 Å². The van der Waals surface area contributed by atoms with E-state index in [1.54, 1.807) is 48.7 Å². The Morgan fingerprint density at radius 3 is 2.45 bits per heavy atom. The van der Waals surface area contributed by atoms with E-state index in [1.165, 1.54) is 16.7 Å². The van der Waals surface area contributed by atoms with Crippen molar-refractivity contribution in [3.63, 3.8) is 0 Å². The first-order valence-electron chi connectivity index (χ1n) is 9.74. The number of halogens is 1. The molecule has 0 aliphatic rings. The molecule has 4 rings (SSSR count). The topological polar surface area (TPSA) is 67.2 Å². The summed E-state index contributed by atoms with van der Waals surface area (Å²) in [6.07, 6.45) is 1.59. The molecule has 0 spiro atoms. The second-order valence-electron chi connectivity index (χ2n) is 7.39. The molecule has 0 aliphatic heterocycles. The maximum absolute atomic E-state index is 13.3. The fraction of sp³-hybridized carbons (Fsp3) is 0.125. The van der Waals surface area contributed by atoms with Crippen molar-refractivity contribution in [3.8, 4) is 0 Å². The summed E-state index contributed by atoms with van der Waals surface area (Å²) in [5.41, 5.74) is 2.33. The lowest BCUT2D eigenvalue weighted by Gasteiger charge is -2.14. The monoisotopic (exact) mass is 416 g/mol. The lowest BCUT2D eigenvalue weighted by Crippen LogP contribution is -2.30. The maximum atomic E-state index is 13.3. The van der Waals surface area contributed by atoms with Gasteiger partial charge in [0.1, 0.15) is 17.0 Å². The number of carbonyl (C=O) groups is 1. The first-order chi connectivity index (χ1) is 14.9. The van der Waals surface area contributed by atoms with E-state index in [-0.39, 0.29) is 17.9 Å². The number of carbonyl (C=O) groups excluding carboxylic acids is 1. The van der Waals surface area contributed by atoms with Gasteiger partial charge in [0.25, 0.3) is 11.5 Å². The van der Waals surface area contributed by atoms with Crippen molar-refractivity contribution in [2.24, 2.45) is 0 Å². The highest BCUT2D eigenvalue weighted by atomic mass is 19.1. The predicted molar refractivity (Wildman–Crippen MR) is 120 cm³/mol. The van der Waals surface area contributed by atoms with E-state index in [1.807, 2.05) is 31.1 Å². The van der Waals surface area contributed by atoms with E-state index < -0.39 is 11.5 Å². The van der Waals surface area contributed by atoms with Gasteiger partial charge in [-0.15, -0.1) is 0 Å². The zero-order valence-corrected chi connectivity index (χ0v) is 17.2. The molecule has 156 valence electrons. The summed E-state index contributed by atoms with van der Waals surface area (Å²) >= 11 is 0. The molecule has 0 aliphatic carbocycles. The highest BCUT2D eigenvalue weighted by Gasteiger charge is 2.17. The summed E-state index contributed by atoms with van der Waals surface area (Å²) in [6, 6.07) is 18.3. The van der Waals surface area contributed by atoms with Crippen LogP contribution in [0.2, 0.25) is 0 Å². The first kappa shape index (κ1) is 20.3. The van der Waals surface area contributed by atoms with Gasteiger partial charge in [-0.05, 0) is 60.2 Å². The van der Waals surface area contributed by atoms with Crippen LogP contribution in [-0.2, 0) is 6.54 Å². The quantitative estimate of drug-likeness (QED) is 0.536. The molecule has 31 heavy (non-hydrogen) atoms. The van der Waals surface area contributed by atoms with Gasteiger partial charge in [0.15, 0.2) is 0 Å². The molecule has 0 radical (unpaired) electrons. The third-order valence-corrected chi connectivity index (χ3v) is 4.99. The summed E-state index contributed by atoms with van der Waals surface area (Å²) in [6.45, 7) is 0.172. The van der Waals surface area contributed by atoms with Gasteiger partial charge < -0.3 is 10.2 Å². The molecule has 4 aromatic rings. The van der Waals surface area contributed by atoms with Crippen LogP contribution in [0.3, 0.4) is 0 Å². The van der Waals surface area contributed by atoms with Crippen LogP contribution in [0.5, 0.6) is 0 Å². The molecule has 0 saturated carbocycles. The fourth-order valence-electron chi connectivity index (χ4n) is 3.33. The van der Waals surface area contributed by atoms with Gasteiger partial charge in [-0.1, -0.05) is 12.1 Å². The molecule has 1 N–H and O–H groups in total. The van der Waals surface area contributed by atoms with Crippen LogP contribution in [0.4, 0.5) is 15.8 Å². The summed E-state index contributed by atoms with van der Waals surface area (Å²) in [7, 11) is 3.86. The number of benzene rings is 2. The molecule has 0 saturated heterocycles. The van der Waals surface area contributed by atoms with Crippen LogP contribution in [-0.4, -0.2) is 29.6 Å². The van der Waals surface area contributed by atoms with Gasteiger partial charge in [-0.3, -0.25) is 14.2 Å². The van der Waals surface area contributed by atoms with Crippen LogP contribution in [0.1, 0.15) is 15.9 Å². The molecule has 1 amide bonds. The van der Waals surface area contributed by atoms with E-state index in [2.05, 4.69) is 10.3 Å². The highest BCUT2D eigenvalue weighted by molar-refractivity contribution is 6.05. The van der Waals surface area contributed by atoms with Crippen molar-refractivity contribution in [2.45, 2.75) is 6.54 Å². The molecule has 7 heteroatoms. The number of fused-ring (bicyclic) bond motifs is 1. The largest absolute Gasteiger partial charge is 0.378 e. The van der Waals surface area contributed by atoms with Gasteiger partial charge in [-0.25, -0.2) is 9.37 Å². The number of pyridine rings is 2. The smallest absolute Gasteiger partial charge is 0.265 e. The van der Waals surface area contributed by atoms with Crippen molar-refractivity contribution < 1.29 is 9.18 Å². The van der Waals surface area contributed by atoms with Crippen LogP contribution < -0.4 is 15.8 Å². The Hall–Kier alpha value is -4.00. The molecule has 2 heterocycles. The molecule has 2 aromatic heterocycles. The standard InChI is InChI=1S/C24H21FN4O2/c1-28(2)20-11-9-19(10-12-20)27-23(30)21-14-17-4-3-13-26-22(17)29(24(21)31)15-16-5-7-18(25)8-6-16/h3-14H,15H2,1-2H3,(H,27,30). The number of nitrogens with zero attached hydrogens (tertiary/aromatic N) is 3. The van der Waals surface area contributed by atoms with Crippen LogP contribution in [0.15, 0.2) is 77.7 Å². The van der Waals surface area contributed by atoms with Crippen molar-refractivity contribution in [1.29, 1.82) is 0 Å². The van der Waals surface area contributed by atoms with E-state index >= 15 is 0 Å². The van der Waals surface area contributed by atoms with Crippen LogP contribution in [0.25, 0.3) is 11.0 Å². The number of nitrogens with one attached hydrogen (secondary N) is 1. The van der Waals surface area contributed by atoms with Gasteiger partial charge in [0.2, 0.25) is 0 Å². The Bertz CT molecular complexity index is 1300. The van der Waals surface area contributed by atoms with E-state index in [4.69, 9.17) is 0 Å².